The van der Waals surface area contributed by atoms with E-state index in [-0.39, 0.29) is 11.7 Å². The third-order valence-electron chi connectivity index (χ3n) is 2.98. The zero-order valence-electron chi connectivity index (χ0n) is 10.8. The normalized spacial score (nSPS) is 11.9. The Morgan fingerprint density at radius 2 is 2.00 bits per heavy atom. The molecule has 1 atom stereocenters. The molecule has 0 aliphatic carbocycles. The van der Waals surface area contributed by atoms with Gasteiger partial charge >= 0.3 is 0 Å². The monoisotopic (exact) mass is 257 g/mol. The summed E-state index contributed by atoms with van der Waals surface area (Å²) in [6, 6.07) is 11.2. The summed E-state index contributed by atoms with van der Waals surface area (Å²) in [5, 5.41) is 13.8. The Morgan fingerprint density at radius 1 is 1.26 bits per heavy atom. The van der Waals surface area contributed by atoms with Crippen LogP contribution in [0, 0.1) is 17.0 Å². The van der Waals surface area contributed by atoms with Gasteiger partial charge in [0, 0.05) is 6.07 Å². The average Bonchev–Trinajstić information content (AvgIpc) is 2.39. The van der Waals surface area contributed by atoms with Gasteiger partial charge in [0.15, 0.2) is 0 Å². The molecule has 0 aliphatic rings. The van der Waals surface area contributed by atoms with Crippen LogP contribution in [0.1, 0.15) is 24.1 Å². The number of nitrogens with one attached hydrogen (secondary N) is 1. The van der Waals surface area contributed by atoms with E-state index in [1.165, 1.54) is 23.4 Å². The van der Waals surface area contributed by atoms with Crippen molar-refractivity contribution in [2.45, 2.75) is 19.9 Å². The van der Waals surface area contributed by atoms with Gasteiger partial charge in [0.1, 0.15) is 12.0 Å². The van der Waals surface area contributed by atoms with Crippen LogP contribution in [0.15, 0.2) is 42.6 Å². The fraction of sp³-hybridized carbons (Fsp3) is 0.214. The second-order valence-corrected chi connectivity index (χ2v) is 4.38. The van der Waals surface area contributed by atoms with Crippen LogP contribution in [-0.2, 0) is 0 Å². The minimum Gasteiger partial charge on any atom is -0.364 e. The fourth-order valence-corrected chi connectivity index (χ4v) is 1.95. The molecule has 2 aromatic rings. The summed E-state index contributed by atoms with van der Waals surface area (Å²) in [4.78, 5) is 14.1. The van der Waals surface area contributed by atoms with E-state index >= 15 is 0 Å². The molecule has 0 amide bonds. The summed E-state index contributed by atoms with van der Waals surface area (Å²) < 4.78 is 0. The maximum absolute atomic E-state index is 10.5. The van der Waals surface area contributed by atoms with Crippen LogP contribution >= 0.6 is 0 Å². The van der Waals surface area contributed by atoms with Crippen LogP contribution in [0.5, 0.6) is 0 Å². The highest BCUT2D eigenvalue weighted by Crippen LogP contribution is 2.21. The number of rotatable bonds is 4. The topological polar surface area (TPSA) is 68.1 Å². The molecule has 19 heavy (non-hydrogen) atoms. The first kappa shape index (κ1) is 13.0. The van der Waals surface area contributed by atoms with Crippen molar-refractivity contribution in [3.05, 3.63) is 63.8 Å². The second kappa shape index (κ2) is 5.48. The predicted octanol–water partition coefficient (Wildman–Crippen LogP) is 3.47. The van der Waals surface area contributed by atoms with Crippen molar-refractivity contribution in [3.8, 4) is 0 Å². The van der Waals surface area contributed by atoms with Crippen LogP contribution in [0.4, 0.5) is 11.5 Å². The molecule has 1 heterocycles. The van der Waals surface area contributed by atoms with Crippen molar-refractivity contribution in [1.82, 2.24) is 4.98 Å². The van der Waals surface area contributed by atoms with Gasteiger partial charge < -0.3 is 5.32 Å². The van der Waals surface area contributed by atoms with Crippen LogP contribution in [0.3, 0.4) is 0 Å². The smallest absolute Gasteiger partial charge is 0.287 e. The van der Waals surface area contributed by atoms with E-state index in [9.17, 15) is 10.1 Å². The SMILES string of the molecule is Cc1ccccc1[C@@H](C)Nc1ccc([N+](=O)[O-])cn1. The lowest BCUT2D eigenvalue weighted by Gasteiger charge is -2.16. The Balaban J connectivity index is 2.13. The van der Waals surface area contributed by atoms with Crippen molar-refractivity contribution in [1.29, 1.82) is 0 Å². The van der Waals surface area contributed by atoms with E-state index in [0.717, 1.165) is 0 Å². The van der Waals surface area contributed by atoms with E-state index in [4.69, 9.17) is 0 Å². The minimum atomic E-state index is -0.457. The number of benzene rings is 1. The molecule has 0 saturated carbocycles. The van der Waals surface area contributed by atoms with Crippen LogP contribution in [0.2, 0.25) is 0 Å². The lowest BCUT2D eigenvalue weighted by Crippen LogP contribution is -2.09. The van der Waals surface area contributed by atoms with E-state index in [2.05, 4.69) is 29.4 Å². The summed E-state index contributed by atoms with van der Waals surface area (Å²) in [5.74, 6) is 0.626. The second-order valence-electron chi connectivity index (χ2n) is 4.38. The van der Waals surface area contributed by atoms with Gasteiger partial charge in [-0.1, -0.05) is 24.3 Å². The molecule has 0 fully saturated rings. The average molecular weight is 257 g/mol. The van der Waals surface area contributed by atoms with E-state index in [0.29, 0.717) is 5.82 Å². The van der Waals surface area contributed by atoms with Crippen molar-refractivity contribution in [3.63, 3.8) is 0 Å². The molecule has 5 heteroatoms. The minimum absolute atomic E-state index is 0.00547. The third kappa shape index (κ3) is 3.07. The highest BCUT2D eigenvalue weighted by molar-refractivity contribution is 5.43. The number of nitro groups is 1. The zero-order chi connectivity index (χ0) is 13.8. The van der Waals surface area contributed by atoms with Crippen molar-refractivity contribution >= 4 is 11.5 Å². The van der Waals surface area contributed by atoms with E-state index in [1.807, 2.05) is 19.1 Å². The Bertz CT molecular complexity index is 581. The lowest BCUT2D eigenvalue weighted by atomic mass is 10.0. The molecule has 0 saturated heterocycles. The molecule has 0 unspecified atom stereocenters. The van der Waals surface area contributed by atoms with Crippen LogP contribution in [0.25, 0.3) is 0 Å². The molecule has 1 aromatic heterocycles. The molecule has 1 N–H and O–H groups in total. The van der Waals surface area contributed by atoms with Crippen molar-refractivity contribution in [2.75, 3.05) is 5.32 Å². The molecule has 2 rings (SSSR count). The van der Waals surface area contributed by atoms with Gasteiger partial charge in [-0.15, -0.1) is 0 Å². The largest absolute Gasteiger partial charge is 0.364 e. The first-order valence-electron chi connectivity index (χ1n) is 6.00. The molecule has 98 valence electrons. The Kier molecular flexibility index (Phi) is 3.75. The van der Waals surface area contributed by atoms with Gasteiger partial charge in [-0.3, -0.25) is 10.1 Å². The number of aryl methyl sites for hydroxylation is 1. The molecule has 0 aliphatic heterocycles. The number of hydrogen-bond donors (Lipinski definition) is 1. The highest BCUT2D eigenvalue weighted by atomic mass is 16.6. The van der Waals surface area contributed by atoms with Gasteiger partial charge in [0.2, 0.25) is 0 Å². The first-order chi connectivity index (χ1) is 9.08. The van der Waals surface area contributed by atoms with Gasteiger partial charge in [-0.25, -0.2) is 4.98 Å². The molecular weight excluding hydrogens is 242 g/mol. The van der Waals surface area contributed by atoms with Crippen LogP contribution in [-0.4, -0.2) is 9.91 Å². The third-order valence-corrected chi connectivity index (χ3v) is 2.98. The highest BCUT2D eigenvalue weighted by Gasteiger charge is 2.10. The number of nitrogens with zero attached hydrogens (tertiary/aromatic N) is 2. The van der Waals surface area contributed by atoms with Crippen molar-refractivity contribution < 1.29 is 4.92 Å². The predicted molar refractivity (Wildman–Crippen MR) is 74.1 cm³/mol. The number of anilines is 1. The standard InChI is InChI=1S/C14H15N3O2/c1-10-5-3-4-6-13(10)11(2)16-14-8-7-12(9-15-14)17(18)19/h3-9,11H,1-2H3,(H,15,16)/t11-/m1/s1. The maximum Gasteiger partial charge on any atom is 0.287 e. The summed E-state index contributed by atoms with van der Waals surface area (Å²) in [6.07, 6.45) is 1.26. The van der Waals surface area contributed by atoms with E-state index in [1.54, 1.807) is 6.07 Å². The molecule has 5 nitrogen and oxygen atoms in total. The molecule has 0 spiro atoms. The molecule has 1 aromatic carbocycles. The molecule has 0 bridgehead atoms. The number of pyridine rings is 1. The summed E-state index contributed by atoms with van der Waals surface area (Å²) in [5.41, 5.74) is 2.38. The molecular formula is C14H15N3O2. The van der Waals surface area contributed by atoms with Gasteiger partial charge in [0.25, 0.3) is 5.69 Å². The van der Waals surface area contributed by atoms with E-state index < -0.39 is 4.92 Å². The lowest BCUT2D eigenvalue weighted by molar-refractivity contribution is -0.385. The Morgan fingerprint density at radius 3 is 2.58 bits per heavy atom. The summed E-state index contributed by atoms with van der Waals surface area (Å²) >= 11 is 0. The zero-order valence-corrected chi connectivity index (χ0v) is 10.8. The summed E-state index contributed by atoms with van der Waals surface area (Å²) in [7, 11) is 0. The van der Waals surface area contributed by atoms with Gasteiger partial charge in [-0.2, -0.15) is 0 Å². The Labute approximate surface area is 111 Å². The van der Waals surface area contributed by atoms with Gasteiger partial charge in [0.05, 0.1) is 11.0 Å². The maximum atomic E-state index is 10.5. The van der Waals surface area contributed by atoms with Crippen molar-refractivity contribution in [2.24, 2.45) is 0 Å². The number of hydrogen-bond acceptors (Lipinski definition) is 4. The number of aromatic nitrogens is 1. The molecule has 0 radical (unpaired) electrons. The van der Waals surface area contributed by atoms with Gasteiger partial charge in [-0.05, 0) is 31.0 Å². The fourth-order valence-electron chi connectivity index (χ4n) is 1.95. The first-order valence-corrected chi connectivity index (χ1v) is 6.00. The Hall–Kier alpha value is -2.43. The summed E-state index contributed by atoms with van der Waals surface area (Å²) in [6.45, 7) is 4.09. The van der Waals surface area contributed by atoms with Crippen LogP contribution < -0.4 is 5.32 Å². The quantitative estimate of drug-likeness (QED) is 0.672.